The van der Waals surface area contributed by atoms with Gasteiger partial charge < -0.3 is 10.6 Å². The molecule has 4 nitrogen and oxygen atoms in total. The molecule has 0 spiro atoms. The standard InChI is InChI=1S/C20H22N2O2/c1-15(18-11-7-4-8-12-18)22-20(24)16(2)21-19(23)14-13-17-9-5-3-6-10-17/h3-16H,1-2H3,(H,21,23)(H,22,24)/b14-13+. The molecule has 0 aliphatic carbocycles. The van der Waals surface area contributed by atoms with Gasteiger partial charge in [-0.25, -0.2) is 0 Å². The van der Waals surface area contributed by atoms with Gasteiger partial charge in [0.2, 0.25) is 11.8 Å². The monoisotopic (exact) mass is 322 g/mol. The fraction of sp³-hybridized carbons (Fsp3) is 0.200. The van der Waals surface area contributed by atoms with Crippen molar-refractivity contribution in [2.24, 2.45) is 0 Å². The smallest absolute Gasteiger partial charge is 0.244 e. The molecule has 0 fully saturated rings. The Morgan fingerprint density at radius 1 is 0.875 bits per heavy atom. The van der Waals surface area contributed by atoms with Crippen molar-refractivity contribution < 1.29 is 9.59 Å². The van der Waals surface area contributed by atoms with Crippen molar-refractivity contribution in [1.82, 2.24) is 10.6 Å². The lowest BCUT2D eigenvalue weighted by Crippen LogP contribution is -2.45. The van der Waals surface area contributed by atoms with Gasteiger partial charge in [-0.3, -0.25) is 9.59 Å². The van der Waals surface area contributed by atoms with Crippen LogP contribution in [0.2, 0.25) is 0 Å². The highest BCUT2D eigenvalue weighted by Gasteiger charge is 2.17. The SMILES string of the molecule is CC(NC(=O)/C=C/c1ccccc1)C(=O)NC(C)c1ccccc1. The number of nitrogens with one attached hydrogen (secondary N) is 2. The van der Waals surface area contributed by atoms with E-state index in [0.717, 1.165) is 11.1 Å². The van der Waals surface area contributed by atoms with Crippen LogP contribution in [0.25, 0.3) is 6.08 Å². The molecule has 0 bridgehead atoms. The van der Waals surface area contributed by atoms with Crippen molar-refractivity contribution in [3.8, 4) is 0 Å². The first-order chi connectivity index (χ1) is 11.6. The average molecular weight is 322 g/mol. The topological polar surface area (TPSA) is 58.2 Å². The van der Waals surface area contributed by atoms with Crippen LogP contribution in [0.5, 0.6) is 0 Å². The molecule has 2 unspecified atom stereocenters. The summed E-state index contributed by atoms with van der Waals surface area (Å²) in [6.45, 7) is 3.58. The summed E-state index contributed by atoms with van der Waals surface area (Å²) in [6.07, 6.45) is 3.15. The molecule has 2 rings (SSSR count). The minimum Gasteiger partial charge on any atom is -0.348 e. The molecule has 0 saturated heterocycles. The van der Waals surface area contributed by atoms with Crippen molar-refractivity contribution in [3.63, 3.8) is 0 Å². The first-order valence-corrected chi connectivity index (χ1v) is 7.95. The molecule has 0 saturated carbocycles. The van der Waals surface area contributed by atoms with Crippen LogP contribution in [0.3, 0.4) is 0 Å². The fourth-order valence-corrected chi connectivity index (χ4v) is 2.23. The van der Waals surface area contributed by atoms with E-state index >= 15 is 0 Å². The maximum absolute atomic E-state index is 12.2. The minimum atomic E-state index is -0.607. The lowest BCUT2D eigenvalue weighted by atomic mass is 10.1. The van der Waals surface area contributed by atoms with Gasteiger partial charge in [0.05, 0.1) is 6.04 Å². The van der Waals surface area contributed by atoms with E-state index < -0.39 is 6.04 Å². The average Bonchev–Trinajstić information content (AvgIpc) is 2.61. The third-order valence-electron chi connectivity index (χ3n) is 3.64. The molecule has 2 aromatic rings. The predicted molar refractivity (Wildman–Crippen MR) is 96.1 cm³/mol. The number of carbonyl (C=O) groups excluding carboxylic acids is 2. The molecule has 24 heavy (non-hydrogen) atoms. The van der Waals surface area contributed by atoms with Crippen LogP contribution in [-0.4, -0.2) is 17.9 Å². The summed E-state index contributed by atoms with van der Waals surface area (Å²) in [4.78, 5) is 24.1. The summed E-state index contributed by atoms with van der Waals surface area (Å²) >= 11 is 0. The summed E-state index contributed by atoms with van der Waals surface area (Å²) in [5, 5.41) is 5.57. The maximum atomic E-state index is 12.2. The summed E-state index contributed by atoms with van der Waals surface area (Å²) in [5.74, 6) is -0.512. The maximum Gasteiger partial charge on any atom is 0.244 e. The molecule has 2 atom stereocenters. The predicted octanol–water partition coefficient (Wildman–Crippen LogP) is 3.08. The molecule has 2 N–H and O–H groups in total. The fourth-order valence-electron chi connectivity index (χ4n) is 2.23. The van der Waals surface area contributed by atoms with Gasteiger partial charge in [-0.2, -0.15) is 0 Å². The van der Waals surface area contributed by atoms with E-state index in [-0.39, 0.29) is 17.9 Å². The van der Waals surface area contributed by atoms with Gasteiger partial charge >= 0.3 is 0 Å². The van der Waals surface area contributed by atoms with Crippen LogP contribution >= 0.6 is 0 Å². The Kier molecular flexibility index (Phi) is 6.32. The van der Waals surface area contributed by atoms with Crippen LogP contribution in [0.4, 0.5) is 0 Å². The number of rotatable bonds is 6. The van der Waals surface area contributed by atoms with Crippen LogP contribution in [0, 0.1) is 0 Å². The van der Waals surface area contributed by atoms with Gasteiger partial charge in [0.15, 0.2) is 0 Å². The Balaban J connectivity index is 1.85. The van der Waals surface area contributed by atoms with E-state index in [1.54, 1.807) is 13.0 Å². The third kappa shape index (κ3) is 5.39. The number of hydrogen-bond acceptors (Lipinski definition) is 2. The second-order valence-electron chi connectivity index (χ2n) is 5.62. The van der Waals surface area contributed by atoms with Crippen molar-refractivity contribution >= 4 is 17.9 Å². The Hall–Kier alpha value is -2.88. The molecule has 124 valence electrons. The van der Waals surface area contributed by atoms with E-state index in [0.29, 0.717) is 0 Å². The Morgan fingerprint density at radius 2 is 1.46 bits per heavy atom. The summed E-state index contributed by atoms with van der Waals surface area (Å²) in [7, 11) is 0. The zero-order valence-corrected chi connectivity index (χ0v) is 13.9. The third-order valence-corrected chi connectivity index (χ3v) is 3.64. The van der Waals surface area contributed by atoms with Crippen LogP contribution in [-0.2, 0) is 9.59 Å². The molecule has 2 amide bonds. The minimum absolute atomic E-state index is 0.113. The Bertz CT molecular complexity index is 696. The summed E-state index contributed by atoms with van der Waals surface area (Å²) in [6, 6.07) is 18.5. The van der Waals surface area contributed by atoms with Crippen molar-refractivity contribution in [2.45, 2.75) is 25.9 Å². The zero-order valence-electron chi connectivity index (χ0n) is 13.9. The lowest BCUT2D eigenvalue weighted by molar-refractivity contribution is -0.127. The van der Waals surface area contributed by atoms with Gasteiger partial charge in [0.1, 0.15) is 6.04 Å². The molecule has 0 aromatic heterocycles. The Labute approximate surface area is 142 Å². The highest BCUT2D eigenvalue weighted by molar-refractivity contribution is 5.95. The number of hydrogen-bond donors (Lipinski definition) is 2. The van der Waals surface area contributed by atoms with Gasteiger partial charge in [-0.15, -0.1) is 0 Å². The molecule has 4 heteroatoms. The van der Waals surface area contributed by atoms with Crippen molar-refractivity contribution in [3.05, 3.63) is 77.9 Å². The molecule has 0 heterocycles. The zero-order chi connectivity index (χ0) is 17.4. The van der Waals surface area contributed by atoms with Crippen molar-refractivity contribution in [2.75, 3.05) is 0 Å². The first kappa shape index (κ1) is 17.5. The van der Waals surface area contributed by atoms with Crippen molar-refractivity contribution in [1.29, 1.82) is 0 Å². The highest BCUT2D eigenvalue weighted by atomic mass is 16.2. The molecular weight excluding hydrogens is 300 g/mol. The molecule has 0 radical (unpaired) electrons. The van der Waals surface area contributed by atoms with Gasteiger partial charge in [-0.05, 0) is 31.1 Å². The highest BCUT2D eigenvalue weighted by Crippen LogP contribution is 2.11. The lowest BCUT2D eigenvalue weighted by Gasteiger charge is -2.18. The second-order valence-corrected chi connectivity index (χ2v) is 5.62. The Morgan fingerprint density at radius 3 is 2.08 bits per heavy atom. The van der Waals surface area contributed by atoms with E-state index in [9.17, 15) is 9.59 Å². The summed E-state index contributed by atoms with van der Waals surface area (Å²) in [5.41, 5.74) is 1.95. The van der Waals surface area contributed by atoms with E-state index in [2.05, 4.69) is 10.6 Å². The quantitative estimate of drug-likeness (QED) is 0.803. The molecule has 2 aromatic carbocycles. The van der Waals surface area contributed by atoms with Gasteiger partial charge in [0.25, 0.3) is 0 Å². The normalized spacial score (nSPS) is 13.2. The van der Waals surface area contributed by atoms with Crippen LogP contribution in [0.15, 0.2) is 66.7 Å². The summed E-state index contributed by atoms with van der Waals surface area (Å²) < 4.78 is 0. The van der Waals surface area contributed by atoms with E-state index in [1.165, 1.54) is 6.08 Å². The number of carbonyl (C=O) groups is 2. The van der Waals surface area contributed by atoms with Crippen LogP contribution in [0.1, 0.15) is 31.0 Å². The largest absolute Gasteiger partial charge is 0.348 e. The molecule has 0 aliphatic heterocycles. The van der Waals surface area contributed by atoms with E-state index in [4.69, 9.17) is 0 Å². The van der Waals surface area contributed by atoms with Gasteiger partial charge in [-0.1, -0.05) is 60.7 Å². The number of amides is 2. The molecular formula is C20H22N2O2. The van der Waals surface area contributed by atoms with E-state index in [1.807, 2.05) is 67.6 Å². The molecule has 0 aliphatic rings. The van der Waals surface area contributed by atoms with Crippen LogP contribution < -0.4 is 10.6 Å². The second kappa shape index (κ2) is 8.67. The van der Waals surface area contributed by atoms with Gasteiger partial charge in [0, 0.05) is 6.08 Å². The first-order valence-electron chi connectivity index (χ1n) is 7.95. The number of benzene rings is 2.